The largest absolute Gasteiger partial charge is 1.00 e. The number of nitrogens with zero attached hydrogens (tertiary/aromatic N) is 1. The molecule has 0 N–H and O–H groups in total. The molecule has 0 atom stereocenters. The fourth-order valence-corrected chi connectivity index (χ4v) is 3.50. The predicted molar refractivity (Wildman–Crippen MR) is 98.0 cm³/mol. The molecule has 136 valence electrons. The molecular weight excluding hydrogens is 405 g/mol. The van der Waals surface area contributed by atoms with E-state index in [4.69, 9.17) is 11.6 Å². The molecule has 0 rings (SSSR count). The molecule has 1 nitrogen and oxygen atoms in total. The average Bonchev–Trinajstić information content (AvgIpc) is 2.51. The Morgan fingerprint density at radius 3 is 1.09 bits per heavy atom. The van der Waals surface area contributed by atoms with Crippen molar-refractivity contribution in [2.45, 2.75) is 97.8 Å². The Kier molecular flexibility index (Phi) is 21.0. The molecule has 0 aliphatic heterocycles. The van der Waals surface area contributed by atoms with Crippen molar-refractivity contribution < 1.29 is 28.5 Å². The van der Waals surface area contributed by atoms with Gasteiger partial charge in [0.15, 0.2) is 6.00 Å². The Morgan fingerprint density at radius 2 is 0.864 bits per heavy atom. The van der Waals surface area contributed by atoms with Crippen molar-refractivity contribution in [2.24, 2.45) is 0 Å². The molecule has 0 saturated carbocycles. The van der Waals surface area contributed by atoms with Gasteiger partial charge in [0.25, 0.3) is 0 Å². The monoisotopic (exact) mass is 445 g/mol. The highest BCUT2D eigenvalue weighted by Gasteiger charge is 2.24. The van der Waals surface area contributed by atoms with Gasteiger partial charge in [0.1, 0.15) is 0 Å². The second-order valence-corrected chi connectivity index (χ2v) is 7.05. The standard InChI is InChI=1S/C19H41ClN.HI/c1-4-7-10-13-16-21(19-20,17-14-11-8-5-2)18-15-12-9-6-3;/h4-19H2,1-3H3;1H/q+1;/p-1. The van der Waals surface area contributed by atoms with Crippen molar-refractivity contribution in [3.8, 4) is 0 Å². The molecule has 0 saturated heterocycles. The van der Waals surface area contributed by atoms with Gasteiger partial charge in [-0.25, -0.2) is 0 Å². The molecule has 0 spiro atoms. The zero-order chi connectivity index (χ0) is 15.8. The van der Waals surface area contributed by atoms with E-state index >= 15 is 0 Å². The summed E-state index contributed by atoms with van der Waals surface area (Å²) in [5, 5.41) is 0. The molecule has 0 aromatic carbocycles. The first-order chi connectivity index (χ1) is 10.2. The average molecular weight is 446 g/mol. The van der Waals surface area contributed by atoms with Crippen molar-refractivity contribution in [1.29, 1.82) is 0 Å². The molecule has 0 aromatic rings. The lowest BCUT2D eigenvalue weighted by atomic mass is 10.1. The molecule has 3 heteroatoms. The zero-order valence-corrected chi connectivity index (χ0v) is 18.4. The van der Waals surface area contributed by atoms with E-state index in [1.807, 2.05) is 0 Å². The summed E-state index contributed by atoms with van der Waals surface area (Å²) in [4.78, 5) is 0. The Morgan fingerprint density at radius 1 is 0.545 bits per heavy atom. The molecule has 22 heavy (non-hydrogen) atoms. The highest BCUT2D eigenvalue weighted by Crippen LogP contribution is 2.18. The van der Waals surface area contributed by atoms with Gasteiger partial charge in [0.05, 0.1) is 19.6 Å². The van der Waals surface area contributed by atoms with Crippen LogP contribution in [0.2, 0.25) is 0 Å². The SMILES string of the molecule is CCCCCC[N+](CCl)(CCCCCC)CCCCCC.[I-]. The Bertz CT molecular complexity index is 180. The zero-order valence-electron chi connectivity index (χ0n) is 15.5. The maximum Gasteiger partial charge on any atom is 0.154 e. The third kappa shape index (κ3) is 13.4. The van der Waals surface area contributed by atoms with Crippen LogP contribution in [0.3, 0.4) is 0 Å². The third-order valence-corrected chi connectivity index (χ3v) is 5.22. The van der Waals surface area contributed by atoms with Crippen LogP contribution in [0, 0.1) is 0 Å². The predicted octanol–water partition coefficient (Wildman–Crippen LogP) is 3.74. The van der Waals surface area contributed by atoms with Crippen LogP contribution in [0.15, 0.2) is 0 Å². The van der Waals surface area contributed by atoms with Crippen LogP contribution >= 0.6 is 11.6 Å². The summed E-state index contributed by atoms with van der Waals surface area (Å²) in [6.07, 6.45) is 16.4. The second kappa shape index (κ2) is 18.3. The molecule has 0 heterocycles. The fourth-order valence-electron chi connectivity index (χ4n) is 3.14. The van der Waals surface area contributed by atoms with E-state index in [-0.39, 0.29) is 24.0 Å². The van der Waals surface area contributed by atoms with Crippen LogP contribution in [-0.4, -0.2) is 30.1 Å². The minimum absolute atomic E-state index is 0. The molecule has 0 aliphatic carbocycles. The Labute approximate surface area is 163 Å². The van der Waals surface area contributed by atoms with E-state index in [1.165, 1.54) is 101 Å². The lowest BCUT2D eigenvalue weighted by Crippen LogP contribution is -3.00. The number of alkyl halides is 1. The van der Waals surface area contributed by atoms with Crippen molar-refractivity contribution in [1.82, 2.24) is 0 Å². The number of hydrogen-bond donors (Lipinski definition) is 0. The normalized spacial score (nSPS) is 11.5. The number of quaternary nitrogens is 1. The van der Waals surface area contributed by atoms with E-state index in [2.05, 4.69) is 20.8 Å². The lowest BCUT2D eigenvalue weighted by molar-refractivity contribution is -0.918. The van der Waals surface area contributed by atoms with Crippen LogP contribution in [0.5, 0.6) is 0 Å². The molecule has 0 radical (unpaired) electrons. The van der Waals surface area contributed by atoms with Gasteiger partial charge in [-0.1, -0.05) is 70.9 Å². The quantitative estimate of drug-likeness (QED) is 0.112. The van der Waals surface area contributed by atoms with Gasteiger partial charge >= 0.3 is 0 Å². The summed E-state index contributed by atoms with van der Waals surface area (Å²) >= 11 is 6.43. The van der Waals surface area contributed by atoms with E-state index in [9.17, 15) is 0 Å². The molecule has 0 aliphatic rings. The van der Waals surface area contributed by atoms with Crippen molar-refractivity contribution in [2.75, 3.05) is 25.6 Å². The fraction of sp³-hybridized carbons (Fsp3) is 1.00. The summed E-state index contributed by atoms with van der Waals surface area (Å²) in [5.74, 6) is 0. The maximum atomic E-state index is 6.43. The van der Waals surface area contributed by atoms with Gasteiger partial charge in [0, 0.05) is 0 Å². The topological polar surface area (TPSA) is 0 Å². The highest BCUT2D eigenvalue weighted by atomic mass is 127. The maximum absolute atomic E-state index is 6.43. The van der Waals surface area contributed by atoms with Gasteiger partial charge in [-0.2, -0.15) is 0 Å². The smallest absolute Gasteiger partial charge is 0.154 e. The number of hydrogen-bond acceptors (Lipinski definition) is 0. The molecule has 0 fully saturated rings. The summed E-state index contributed by atoms with van der Waals surface area (Å²) in [5.41, 5.74) is 0. The van der Waals surface area contributed by atoms with Gasteiger partial charge in [-0.15, -0.1) is 0 Å². The minimum atomic E-state index is 0. The van der Waals surface area contributed by atoms with Gasteiger partial charge in [0.2, 0.25) is 0 Å². The van der Waals surface area contributed by atoms with Gasteiger partial charge in [-0.05, 0) is 38.5 Å². The van der Waals surface area contributed by atoms with Crippen LogP contribution in [0.4, 0.5) is 0 Å². The molecule has 0 unspecified atom stereocenters. The first kappa shape index (κ1) is 25.2. The van der Waals surface area contributed by atoms with Gasteiger partial charge < -0.3 is 28.5 Å². The van der Waals surface area contributed by atoms with E-state index < -0.39 is 0 Å². The van der Waals surface area contributed by atoms with Crippen LogP contribution in [-0.2, 0) is 0 Å². The lowest BCUT2D eigenvalue weighted by Gasteiger charge is -2.37. The molecule has 0 aromatic heterocycles. The van der Waals surface area contributed by atoms with E-state index in [0.29, 0.717) is 0 Å². The van der Waals surface area contributed by atoms with Crippen molar-refractivity contribution >= 4 is 11.6 Å². The van der Waals surface area contributed by atoms with Crippen molar-refractivity contribution in [3.05, 3.63) is 0 Å². The number of unbranched alkanes of at least 4 members (excludes halogenated alkanes) is 9. The van der Waals surface area contributed by atoms with Crippen molar-refractivity contribution in [3.63, 3.8) is 0 Å². The summed E-state index contributed by atoms with van der Waals surface area (Å²) in [7, 11) is 0. The molecular formula is C19H41ClIN. The van der Waals surface area contributed by atoms with Gasteiger partial charge in [-0.3, -0.25) is 0 Å². The first-order valence-corrected chi connectivity index (χ1v) is 10.2. The highest BCUT2D eigenvalue weighted by molar-refractivity contribution is 6.16. The Balaban J connectivity index is 0. The Hall–Kier alpha value is 0.980. The van der Waals surface area contributed by atoms with E-state index in [1.54, 1.807) is 0 Å². The molecule has 0 bridgehead atoms. The van der Waals surface area contributed by atoms with Crippen LogP contribution in [0.1, 0.15) is 97.8 Å². The molecule has 0 amide bonds. The first-order valence-electron chi connectivity index (χ1n) is 9.65. The van der Waals surface area contributed by atoms with E-state index in [0.717, 1.165) is 6.00 Å². The summed E-state index contributed by atoms with van der Waals surface area (Å²) < 4.78 is 1.18. The second-order valence-electron chi connectivity index (χ2n) is 6.81. The van der Waals surface area contributed by atoms with Crippen LogP contribution in [0.25, 0.3) is 0 Å². The third-order valence-electron chi connectivity index (χ3n) is 4.71. The summed E-state index contributed by atoms with van der Waals surface area (Å²) in [6.45, 7) is 10.8. The number of halogens is 2. The number of rotatable bonds is 16. The van der Waals surface area contributed by atoms with Crippen LogP contribution < -0.4 is 24.0 Å². The minimum Gasteiger partial charge on any atom is -1.00 e. The summed E-state index contributed by atoms with van der Waals surface area (Å²) in [6, 6.07) is 0.824.